The van der Waals surface area contributed by atoms with E-state index in [2.05, 4.69) is 25.8 Å². The first-order valence-corrected chi connectivity index (χ1v) is 5.00. The first-order valence-electron chi connectivity index (χ1n) is 5.00. The SMILES string of the molecule is CCC(CC)N(C)CCC(C)O. The van der Waals surface area contributed by atoms with Gasteiger partial charge in [0.1, 0.15) is 0 Å². The van der Waals surface area contributed by atoms with Crippen LogP contribution in [0.3, 0.4) is 0 Å². The molecule has 0 fully saturated rings. The molecule has 2 nitrogen and oxygen atoms in total. The zero-order valence-corrected chi connectivity index (χ0v) is 8.88. The van der Waals surface area contributed by atoms with Crippen LogP contribution in [0.1, 0.15) is 40.0 Å². The maximum atomic E-state index is 9.10. The summed E-state index contributed by atoms with van der Waals surface area (Å²) in [5.74, 6) is 0. The van der Waals surface area contributed by atoms with E-state index < -0.39 is 0 Å². The van der Waals surface area contributed by atoms with Crippen LogP contribution in [0.4, 0.5) is 0 Å². The summed E-state index contributed by atoms with van der Waals surface area (Å²) in [7, 11) is 2.14. The molecule has 0 aliphatic heterocycles. The quantitative estimate of drug-likeness (QED) is 0.663. The third kappa shape index (κ3) is 4.73. The fraction of sp³-hybridized carbons (Fsp3) is 1.00. The van der Waals surface area contributed by atoms with Gasteiger partial charge in [0.2, 0.25) is 0 Å². The molecule has 0 aliphatic carbocycles. The number of hydrogen-bond donors (Lipinski definition) is 1. The highest BCUT2D eigenvalue weighted by Crippen LogP contribution is 2.06. The van der Waals surface area contributed by atoms with E-state index in [0.717, 1.165) is 13.0 Å². The topological polar surface area (TPSA) is 23.5 Å². The van der Waals surface area contributed by atoms with Gasteiger partial charge in [0, 0.05) is 12.6 Å². The molecule has 0 aromatic carbocycles. The van der Waals surface area contributed by atoms with Gasteiger partial charge in [-0.2, -0.15) is 0 Å². The molecule has 0 radical (unpaired) electrons. The summed E-state index contributed by atoms with van der Waals surface area (Å²) < 4.78 is 0. The number of aliphatic hydroxyl groups is 1. The van der Waals surface area contributed by atoms with E-state index in [1.54, 1.807) is 0 Å². The van der Waals surface area contributed by atoms with Crippen LogP contribution in [-0.4, -0.2) is 35.7 Å². The average Bonchev–Trinajstić information content (AvgIpc) is 2.03. The van der Waals surface area contributed by atoms with E-state index in [0.29, 0.717) is 6.04 Å². The fourth-order valence-corrected chi connectivity index (χ4v) is 1.49. The molecule has 0 rings (SSSR count). The van der Waals surface area contributed by atoms with E-state index in [4.69, 9.17) is 5.11 Å². The zero-order chi connectivity index (χ0) is 9.56. The van der Waals surface area contributed by atoms with Crippen LogP contribution in [0.5, 0.6) is 0 Å². The molecule has 0 bridgehead atoms. The van der Waals surface area contributed by atoms with Crippen molar-refractivity contribution in [3.8, 4) is 0 Å². The molecular formula is C10H23NO. The molecule has 0 saturated heterocycles. The smallest absolute Gasteiger partial charge is 0.0524 e. The second-order valence-electron chi connectivity index (χ2n) is 3.59. The summed E-state index contributed by atoms with van der Waals surface area (Å²) >= 11 is 0. The predicted molar refractivity (Wildman–Crippen MR) is 53.3 cm³/mol. The highest BCUT2D eigenvalue weighted by atomic mass is 16.3. The molecular weight excluding hydrogens is 150 g/mol. The van der Waals surface area contributed by atoms with Crippen LogP contribution in [0.2, 0.25) is 0 Å². The lowest BCUT2D eigenvalue weighted by Gasteiger charge is -2.26. The van der Waals surface area contributed by atoms with Crippen molar-refractivity contribution in [1.82, 2.24) is 4.90 Å². The summed E-state index contributed by atoms with van der Waals surface area (Å²) in [6.45, 7) is 7.28. The molecule has 74 valence electrons. The van der Waals surface area contributed by atoms with Gasteiger partial charge in [0.15, 0.2) is 0 Å². The normalized spacial score (nSPS) is 14.2. The lowest BCUT2D eigenvalue weighted by atomic mass is 10.1. The Kier molecular flexibility index (Phi) is 6.39. The summed E-state index contributed by atoms with van der Waals surface area (Å²) in [4.78, 5) is 2.34. The van der Waals surface area contributed by atoms with Crippen LogP contribution in [0.15, 0.2) is 0 Å². The van der Waals surface area contributed by atoms with Crippen molar-refractivity contribution in [3.05, 3.63) is 0 Å². The van der Waals surface area contributed by atoms with Gasteiger partial charge in [-0.3, -0.25) is 0 Å². The molecule has 1 unspecified atom stereocenters. The third-order valence-corrected chi connectivity index (χ3v) is 2.47. The van der Waals surface area contributed by atoms with Gasteiger partial charge in [-0.25, -0.2) is 0 Å². The average molecular weight is 173 g/mol. The molecule has 0 aromatic heterocycles. The minimum atomic E-state index is -0.165. The maximum absolute atomic E-state index is 9.10. The van der Waals surface area contributed by atoms with Crippen molar-refractivity contribution >= 4 is 0 Å². The number of hydrogen-bond acceptors (Lipinski definition) is 2. The molecule has 1 atom stereocenters. The van der Waals surface area contributed by atoms with Crippen molar-refractivity contribution in [2.45, 2.75) is 52.2 Å². The van der Waals surface area contributed by atoms with Crippen molar-refractivity contribution < 1.29 is 5.11 Å². The summed E-state index contributed by atoms with van der Waals surface area (Å²) in [5, 5.41) is 9.10. The molecule has 0 amide bonds. The Bertz CT molecular complexity index is 100. The van der Waals surface area contributed by atoms with Gasteiger partial charge in [-0.15, -0.1) is 0 Å². The Hall–Kier alpha value is -0.0800. The van der Waals surface area contributed by atoms with Crippen LogP contribution >= 0.6 is 0 Å². The Balaban J connectivity index is 3.61. The zero-order valence-electron chi connectivity index (χ0n) is 8.88. The second-order valence-corrected chi connectivity index (χ2v) is 3.59. The standard InChI is InChI=1S/C10H23NO/c1-5-10(6-2)11(4)8-7-9(3)12/h9-10,12H,5-8H2,1-4H3. The number of aliphatic hydroxyl groups excluding tert-OH is 1. The minimum absolute atomic E-state index is 0.165. The van der Waals surface area contributed by atoms with Gasteiger partial charge in [0.25, 0.3) is 0 Å². The summed E-state index contributed by atoms with van der Waals surface area (Å²) in [6.07, 6.45) is 3.12. The highest BCUT2D eigenvalue weighted by Gasteiger charge is 2.10. The first kappa shape index (κ1) is 11.9. The van der Waals surface area contributed by atoms with Crippen LogP contribution in [-0.2, 0) is 0 Å². The van der Waals surface area contributed by atoms with E-state index in [9.17, 15) is 0 Å². The monoisotopic (exact) mass is 173 g/mol. The van der Waals surface area contributed by atoms with Crippen molar-refractivity contribution in [3.63, 3.8) is 0 Å². The molecule has 0 aromatic rings. The van der Waals surface area contributed by atoms with E-state index in [1.165, 1.54) is 12.8 Å². The van der Waals surface area contributed by atoms with Crippen LogP contribution < -0.4 is 0 Å². The number of nitrogens with zero attached hydrogens (tertiary/aromatic N) is 1. The number of rotatable bonds is 6. The molecule has 0 aliphatic rings. The Morgan fingerprint density at radius 2 is 1.75 bits per heavy atom. The molecule has 1 N–H and O–H groups in total. The lowest BCUT2D eigenvalue weighted by molar-refractivity contribution is 0.146. The Labute approximate surface area is 76.6 Å². The largest absolute Gasteiger partial charge is 0.393 e. The second kappa shape index (κ2) is 6.44. The van der Waals surface area contributed by atoms with Crippen LogP contribution in [0, 0.1) is 0 Å². The lowest BCUT2D eigenvalue weighted by Crippen LogP contribution is -2.32. The summed E-state index contributed by atoms with van der Waals surface area (Å²) in [6, 6.07) is 0.684. The van der Waals surface area contributed by atoms with Gasteiger partial charge in [-0.1, -0.05) is 13.8 Å². The van der Waals surface area contributed by atoms with Gasteiger partial charge >= 0.3 is 0 Å². The Morgan fingerprint density at radius 3 is 2.08 bits per heavy atom. The van der Waals surface area contributed by atoms with Crippen molar-refractivity contribution in [2.24, 2.45) is 0 Å². The molecule has 12 heavy (non-hydrogen) atoms. The van der Waals surface area contributed by atoms with Crippen molar-refractivity contribution in [1.29, 1.82) is 0 Å². The van der Waals surface area contributed by atoms with Crippen LogP contribution in [0.25, 0.3) is 0 Å². The highest BCUT2D eigenvalue weighted by molar-refractivity contribution is 4.65. The van der Waals surface area contributed by atoms with Gasteiger partial charge in [0.05, 0.1) is 6.10 Å². The molecule has 0 heterocycles. The van der Waals surface area contributed by atoms with E-state index in [1.807, 2.05) is 6.92 Å². The fourth-order valence-electron chi connectivity index (χ4n) is 1.49. The maximum Gasteiger partial charge on any atom is 0.0524 e. The predicted octanol–water partition coefficient (Wildman–Crippen LogP) is 1.88. The summed E-state index contributed by atoms with van der Waals surface area (Å²) in [5.41, 5.74) is 0. The van der Waals surface area contributed by atoms with Gasteiger partial charge < -0.3 is 10.0 Å². The van der Waals surface area contributed by atoms with Crippen molar-refractivity contribution in [2.75, 3.05) is 13.6 Å². The first-order chi connectivity index (χ1) is 5.61. The van der Waals surface area contributed by atoms with E-state index in [-0.39, 0.29) is 6.10 Å². The Morgan fingerprint density at radius 1 is 1.25 bits per heavy atom. The third-order valence-electron chi connectivity index (χ3n) is 2.47. The molecule has 0 saturated carbocycles. The van der Waals surface area contributed by atoms with Gasteiger partial charge in [-0.05, 0) is 33.2 Å². The minimum Gasteiger partial charge on any atom is -0.393 e. The molecule has 0 spiro atoms. The van der Waals surface area contributed by atoms with E-state index >= 15 is 0 Å². The molecule has 2 heteroatoms.